The van der Waals surface area contributed by atoms with E-state index in [1.54, 1.807) is 12.1 Å². The number of rotatable bonds is 8. The number of thiophene rings is 2. The van der Waals surface area contributed by atoms with Crippen LogP contribution in [-0.4, -0.2) is 60.4 Å². The van der Waals surface area contributed by atoms with Gasteiger partial charge in [0.2, 0.25) is 5.60 Å². The third-order valence-electron chi connectivity index (χ3n) is 7.25. The highest BCUT2D eigenvalue weighted by Gasteiger charge is 2.51. The number of benzene rings is 1. The summed E-state index contributed by atoms with van der Waals surface area (Å²) >= 11 is 2.71. The molecule has 0 spiro atoms. The minimum absolute atomic E-state index is 0.221. The first-order valence-electron chi connectivity index (χ1n) is 11.9. The zero-order chi connectivity index (χ0) is 24.3. The standard InChI is InChI=1S/C26H29N3O4S2/c30-24(26(32,22-8-4-16-34-22)23-9-5-17-35-23)33-21-18-29(13-10-19(21)11-14-29)15-12-27-25(31)28-20-6-2-1-3-7-20/h1-9,16-17,19,21,32H,10-15,18H2,(H-,27,28,31)/p+1. The monoisotopic (exact) mass is 512 g/mol. The van der Waals surface area contributed by atoms with Crippen LogP contribution in [0.15, 0.2) is 65.4 Å². The van der Waals surface area contributed by atoms with Gasteiger partial charge in [0.1, 0.15) is 6.54 Å². The van der Waals surface area contributed by atoms with Crippen LogP contribution in [0, 0.1) is 5.92 Å². The Morgan fingerprint density at radius 1 is 1.00 bits per heavy atom. The van der Waals surface area contributed by atoms with Gasteiger partial charge in [0, 0.05) is 24.4 Å². The maximum absolute atomic E-state index is 13.5. The molecule has 2 amide bonds. The fraction of sp³-hybridized carbons (Fsp3) is 0.385. The number of fused-ring (bicyclic) bond motifs is 3. The predicted molar refractivity (Wildman–Crippen MR) is 137 cm³/mol. The van der Waals surface area contributed by atoms with Crippen LogP contribution in [-0.2, 0) is 15.1 Å². The number of nitrogens with zero attached hydrogens (tertiary/aromatic N) is 1. The average molecular weight is 513 g/mol. The molecule has 3 aromatic rings. The van der Waals surface area contributed by atoms with Gasteiger partial charge < -0.3 is 25.0 Å². The summed E-state index contributed by atoms with van der Waals surface area (Å²) in [7, 11) is 0. The molecular weight excluding hydrogens is 482 g/mol. The largest absolute Gasteiger partial charge is 0.453 e. The van der Waals surface area contributed by atoms with Gasteiger partial charge in [-0.3, -0.25) is 0 Å². The van der Waals surface area contributed by atoms with E-state index in [2.05, 4.69) is 10.6 Å². The van der Waals surface area contributed by atoms with Gasteiger partial charge >= 0.3 is 12.0 Å². The fourth-order valence-electron chi connectivity index (χ4n) is 5.29. The zero-order valence-corrected chi connectivity index (χ0v) is 21.0. The van der Waals surface area contributed by atoms with Crippen LogP contribution in [0.4, 0.5) is 10.5 Å². The quantitative estimate of drug-likeness (QED) is 0.314. The second-order valence-electron chi connectivity index (χ2n) is 9.39. The van der Waals surface area contributed by atoms with E-state index in [-0.39, 0.29) is 12.1 Å². The summed E-state index contributed by atoms with van der Waals surface area (Å²) in [6, 6.07) is 16.4. The Labute approximate surface area is 212 Å². The van der Waals surface area contributed by atoms with Crippen LogP contribution in [0.1, 0.15) is 22.6 Å². The molecule has 0 aliphatic carbocycles. The van der Waals surface area contributed by atoms with E-state index in [0.29, 0.717) is 28.8 Å². The molecule has 3 saturated heterocycles. The number of para-hydroxylation sites is 1. The second kappa shape index (κ2) is 10.1. The Bertz CT molecular complexity index is 1090. The lowest BCUT2D eigenvalue weighted by molar-refractivity contribution is -0.945. The molecule has 1 unspecified atom stereocenters. The van der Waals surface area contributed by atoms with E-state index in [1.807, 2.05) is 53.2 Å². The first kappa shape index (κ1) is 24.0. The maximum Gasteiger partial charge on any atom is 0.349 e. The summed E-state index contributed by atoms with van der Waals surface area (Å²) in [5.74, 6) is -0.288. The molecule has 3 aliphatic heterocycles. The molecule has 1 aromatic carbocycles. The lowest BCUT2D eigenvalue weighted by Crippen LogP contribution is -2.66. The highest BCUT2D eigenvalue weighted by Crippen LogP contribution is 2.40. The summed E-state index contributed by atoms with van der Waals surface area (Å²) in [5.41, 5.74) is -1.03. The third kappa shape index (κ3) is 4.99. The minimum Gasteiger partial charge on any atom is -0.453 e. The van der Waals surface area contributed by atoms with Crippen molar-refractivity contribution >= 4 is 40.4 Å². The fourth-order valence-corrected chi connectivity index (χ4v) is 7.00. The number of amides is 2. The highest BCUT2D eigenvalue weighted by atomic mass is 32.1. The molecule has 0 saturated carbocycles. The van der Waals surface area contributed by atoms with Crippen LogP contribution in [0.3, 0.4) is 0 Å². The highest BCUT2D eigenvalue weighted by molar-refractivity contribution is 7.12. The van der Waals surface area contributed by atoms with Crippen molar-refractivity contribution in [3.8, 4) is 0 Å². The summed E-state index contributed by atoms with van der Waals surface area (Å²) in [5, 5.41) is 21.1. The summed E-state index contributed by atoms with van der Waals surface area (Å²) in [6.45, 7) is 4.06. The maximum atomic E-state index is 13.5. The summed E-state index contributed by atoms with van der Waals surface area (Å²) in [6.07, 6.45) is 1.71. The Hall–Kier alpha value is -2.72. The van der Waals surface area contributed by atoms with Gasteiger partial charge in [-0.25, -0.2) is 9.59 Å². The van der Waals surface area contributed by atoms with Gasteiger partial charge in [-0.2, -0.15) is 0 Å². The molecule has 2 aromatic heterocycles. The number of carbonyl (C=O) groups is 2. The molecular formula is C26H30N3O4S2+. The molecule has 6 rings (SSSR count). The number of carbonyl (C=O) groups excluding carboxylic acids is 2. The predicted octanol–water partition coefficient (Wildman–Crippen LogP) is 4.02. The number of hydrogen-bond acceptors (Lipinski definition) is 6. The van der Waals surface area contributed by atoms with E-state index in [1.165, 1.54) is 22.7 Å². The van der Waals surface area contributed by atoms with Crippen LogP contribution in [0.2, 0.25) is 0 Å². The van der Waals surface area contributed by atoms with Gasteiger partial charge in [-0.15, -0.1) is 22.7 Å². The molecule has 7 nitrogen and oxygen atoms in total. The molecule has 5 heterocycles. The smallest absolute Gasteiger partial charge is 0.349 e. The topological polar surface area (TPSA) is 87.7 Å². The number of esters is 1. The summed E-state index contributed by atoms with van der Waals surface area (Å²) in [4.78, 5) is 26.9. The van der Waals surface area contributed by atoms with Crippen LogP contribution >= 0.6 is 22.7 Å². The van der Waals surface area contributed by atoms with Crippen molar-refractivity contribution in [3.05, 3.63) is 75.1 Å². The number of piperidine rings is 3. The van der Waals surface area contributed by atoms with Crippen molar-refractivity contribution in [2.45, 2.75) is 24.5 Å². The Morgan fingerprint density at radius 3 is 2.26 bits per heavy atom. The van der Waals surface area contributed by atoms with Gasteiger partial charge in [0.05, 0.1) is 35.9 Å². The normalized spacial score (nSPS) is 23.6. The van der Waals surface area contributed by atoms with Gasteiger partial charge in [0.15, 0.2) is 6.10 Å². The Kier molecular flexibility index (Phi) is 6.93. The lowest BCUT2D eigenvalue weighted by Gasteiger charge is -2.52. The number of aliphatic hydroxyl groups is 1. The number of hydrogen-bond donors (Lipinski definition) is 3. The number of ether oxygens (including phenoxy) is 1. The Morgan fingerprint density at radius 2 is 1.66 bits per heavy atom. The molecule has 184 valence electrons. The molecule has 2 bridgehead atoms. The van der Waals surface area contributed by atoms with E-state index in [0.717, 1.165) is 42.6 Å². The van der Waals surface area contributed by atoms with Crippen molar-refractivity contribution < 1.29 is 23.9 Å². The van der Waals surface area contributed by atoms with Gasteiger partial charge in [0.25, 0.3) is 0 Å². The first-order valence-corrected chi connectivity index (χ1v) is 13.7. The van der Waals surface area contributed by atoms with Gasteiger partial charge in [-0.05, 0) is 35.0 Å². The third-order valence-corrected chi connectivity index (χ3v) is 9.21. The van der Waals surface area contributed by atoms with E-state index in [4.69, 9.17) is 4.74 Å². The van der Waals surface area contributed by atoms with Crippen molar-refractivity contribution in [2.24, 2.45) is 5.92 Å². The van der Waals surface area contributed by atoms with Crippen molar-refractivity contribution in [2.75, 3.05) is 38.0 Å². The van der Waals surface area contributed by atoms with Crippen molar-refractivity contribution in [1.82, 2.24) is 5.32 Å². The molecule has 3 aliphatic rings. The van der Waals surface area contributed by atoms with E-state index in [9.17, 15) is 14.7 Å². The SMILES string of the molecule is O=C(NCC[N+]12CCC(CC1)C(OC(=O)C(O)(c1cccs1)c1cccs1)C2)Nc1ccccc1. The molecule has 3 N–H and O–H groups in total. The summed E-state index contributed by atoms with van der Waals surface area (Å²) < 4.78 is 6.89. The van der Waals surface area contributed by atoms with Crippen LogP contribution in [0.25, 0.3) is 0 Å². The van der Waals surface area contributed by atoms with E-state index < -0.39 is 11.6 Å². The van der Waals surface area contributed by atoms with E-state index >= 15 is 0 Å². The molecule has 3 fully saturated rings. The Balaban J connectivity index is 1.21. The van der Waals surface area contributed by atoms with Gasteiger partial charge in [-0.1, -0.05) is 30.3 Å². The van der Waals surface area contributed by atoms with Crippen LogP contribution in [0.5, 0.6) is 0 Å². The van der Waals surface area contributed by atoms with Crippen molar-refractivity contribution in [1.29, 1.82) is 0 Å². The van der Waals surface area contributed by atoms with Crippen molar-refractivity contribution in [3.63, 3.8) is 0 Å². The first-order chi connectivity index (χ1) is 17.0. The number of anilines is 1. The molecule has 1 atom stereocenters. The second-order valence-corrected chi connectivity index (χ2v) is 11.3. The lowest BCUT2D eigenvalue weighted by atomic mass is 9.83. The molecule has 0 radical (unpaired) electrons. The number of urea groups is 1. The number of quaternary nitrogens is 1. The number of nitrogens with one attached hydrogen (secondary N) is 2. The minimum atomic E-state index is -1.78. The molecule has 35 heavy (non-hydrogen) atoms. The average Bonchev–Trinajstić information content (AvgIpc) is 3.60. The van der Waals surface area contributed by atoms with Crippen LogP contribution < -0.4 is 10.6 Å². The zero-order valence-electron chi connectivity index (χ0n) is 19.4. The molecule has 9 heteroatoms.